The van der Waals surface area contributed by atoms with Crippen LogP contribution in [0.2, 0.25) is 5.02 Å². The minimum absolute atomic E-state index is 0.322. The number of nitrogens with zero attached hydrogens (tertiary/aromatic N) is 1. The Morgan fingerprint density at radius 2 is 1.86 bits per heavy atom. The molecule has 0 saturated heterocycles. The second-order valence-corrected chi connectivity index (χ2v) is 5.19. The number of nitrogens with two attached hydrogens (primary N) is 1. The van der Waals surface area contributed by atoms with Gasteiger partial charge in [0.05, 0.1) is 16.2 Å². The molecule has 0 amide bonds. The Kier molecular flexibility index (Phi) is 3.86. The normalized spacial score (nSPS) is 11.0. The third kappa shape index (κ3) is 2.62. The fraction of sp³-hybridized carbons (Fsp3) is 0.118. The van der Waals surface area contributed by atoms with Crippen LogP contribution >= 0.6 is 11.6 Å². The molecule has 0 aliphatic heterocycles. The van der Waals surface area contributed by atoms with Gasteiger partial charge in [-0.3, -0.25) is 4.98 Å². The number of hydrogen-bond donors (Lipinski definition) is 1. The van der Waals surface area contributed by atoms with Crippen LogP contribution in [0.3, 0.4) is 0 Å². The van der Waals surface area contributed by atoms with Crippen molar-refractivity contribution in [2.75, 3.05) is 6.54 Å². The van der Waals surface area contributed by atoms with Gasteiger partial charge >= 0.3 is 0 Å². The van der Waals surface area contributed by atoms with Crippen molar-refractivity contribution in [3.05, 3.63) is 65.1 Å². The summed E-state index contributed by atoms with van der Waals surface area (Å²) in [5.74, 6) is -0.322. The van der Waals surface area contributed by atoms with Crippen molar-refractivity contribution in [1.29, 1.82) is 0 Å². The summed E-state index contributed by atoms with van der Waals surface area (Å²) in [6.45, 7) is 0.482. The molecule has 21 heavy (non-hydrogen) atoms. The standard InChI is InChI=1S/C17H14ClFN2/c18-17-13-10-12(19)6-7-14(13)21-15(8-9-20)16(17)11-4-2-1-3-5-11/h1-7,10H,8-9,20H2. The molecule has 3 rings (SSSR count). The SMILES string of the molecule is NCCc1nc2ccc(F)cc2c(Cl)c1-c1ccccc1. The second kappa shape index (κ2) is 5.80. The zero-order valence-electron chi connectivity index (χ0n) is 11.3. The summed E-state index contributed by atoms with van der Waals surface area (Å²) in [5, 5.41) is 1.14. The minimum atomic E-state index is -0.322. The molecule has 1 aromatic heterocycles. The van der Waals surface area contributed by atoms with Crippen LogP contribution in [-0.2, 0) is 6.42 Å². The molecule has 0 bridgehead atoms. The number of hydrogen-bond acceptors (Lipinski definition) is 2. The molecule has 0 fully saturated rings. The molecule has 2 N–H and O–H groups in total. The predicted octanol–water partition coefficient (Wildman–Crippen LogP) is 4.20. The predicted molar refractivity (Wildman–Crippen MR) is 84.9 cm³/mol. The van der Waals surface area contributed by atoms with Gasteiger partial charge in [-0.25, -0.2) is 4.39 Å². The smallest absolute Gasteiger partial charge is 0.124 e. The number of halogens is 2. The molecule has 0 aliphatic carbocycles. The Hall–Kier alpha value is -1.97. The highest BCUT2D eigenvalue weighted by Gasteiger charge is 2.15. The molecule has 0 spiro atoms. The van der Waals surface area contributed by atoms with Crippen LogP contribution in [0.15, 0.2) is 48.5 Å². The lowest BCUT2D eigenvalue weighted by molar-refractivity contribution is 0.629. The molecule has 0 aliphatic rings. The second-order valence-electron chi connectivity index (χ2n) is 4.81. The van der Waals surface area contributed by atoms with E-state index >= 15 is 0 Å². The summed E-state index contributed by atoms with van der Waals surface area (Å²) in [6, 6.07) is 14.2. The van der Waals surface area contributed by atoms with E-state index in [1.165, 1.54) is 12.1 Å². The molecule has 2 nitrogen and oxygen atoms in total. The number of rotatable bonds is 3. The molecular formula is C17H14ClFN2. The minimum Gasteiger partial charge on any atom is -0.330 e. The zero-order valence-corrected chi connectivity index (χ0v) is 12.1. The van der Waals surface area contributed by atoms with Gasteiger partial charge in [-0.2, -0.15) is 0 Å². The summed E-state index contributed by atoms with van der Waals surface area (Å²) < 4.78 is 13.5. The molecule has 3 aromatic rings. The van der Waals surface area contributed by atoms with Crippen molar-refractivity contribution in [3.63, 3.8) is 0 Å². The van der Waals surface area contributed by atoms with Gasteiger partial charge in [0.25, 0.3) is 0 Å². The van der Waals surface area contributed by atoms with Crippen molar-refractivity contribution in [1.82, 2.24) is 4.98 Å². The highest BCUT2D eigenvalue weighted by molar-refractivity contribution is 6.38. The van der Waals surface area contributed by atoms with E-state index in [0.29, 0.717) is 28.9 Å². The molecule has 0 saturated carbocycles. The molecule has 4 heteroatoms. The van der Waals surface area contributed by atoms with Crippen LogP contribution in [-0.4, -0.2) is 11.5 Å². The third-order valence-electron chi connectivity index (χ3n) is 3.40. The number of aromatic nitrogens is 1. The topological polar surface area (TPSA) is 38.9 Å². The Balaban J connectivity index is 2.34. The van der Waals surface area contributed by atoms with Crippen LogP contribution in [0, 0.1) is 5.82 Å². The Morgan fingerprint density at radius 1 is 1.10 bits per heavy atom. The average molecular weight is 301 g/mol. The molecule has 2 aromatic carbocycles. The van der Waals surface area contributed by atoms with E-state index in [2.05, 4.69) is 4.98 Å². The molecule has 0 unspecified atom stereocenters. The maximum absolute atomic E-state index is 13.5. The maximum Gasteiger partial charge on any atom is 0.124 e. The van der Waals surface area contributed by atoms with E-state index in [1.54, 1.807) is 6.07 Å². The van der Waals surface area contributed by atoms with Gasteiger partial charge in [-0.05, 0) is 30.3 Å². The molecule has 0 atom stereocenters. The maximum atomic E-state index is 13.5. The summed E-state index contributed by atoms with van der Waals surface area (Å²) in [4.78, 5) is 4.61. The zero-order chi connectivity index (χ0) is 14.8. The first-order valence-corrected chi connectivity index (χ1v) is 7.11. The van der Waals surface area contributed by atoms with E-state index in [9.17, 15) is 4.39 Å². The summed E-state index contributed by atoms with van der Waals surface area (Å²) in [5.41, 5.74) is 9.00. The van der Waals surface area contributed by atoms with Crippen molar-refractivity contribution in [3.8, 4) is 11.1 Å². The quantitative estimate of drug-likeness (QED) is 0.787. The number of benzene rings is 2. The highest BCUT2D eigenvalue weighted by atomic mass is 35.5. The fourth-order valence-electron chi connectivity index (χ4n) is 2.46. The van der Waals surface area contributed by atoms with E-state index in [-0.39, 0.29) is 5.82 Å². The third-order valence-corrected chi connectivity index (χ3v) is 3.79. The first kappa shape index (κ1) is 14.0. The average Bonchev–Trinajstić information content (AvgIpc) is 2.50. The van der Waals surface area contributed by atoms with Crippen LogP contribution in [0.4, 0.5) is 4.39 Å². The van der Waals surface area contributed by atoms with E-state index in [4.69, 9.17) is 17.3 Å². The van der Waals surface area contributed by atoms with E-state index in [1.807, 2.05) is 30.3 Å². The summed E-state index contributed by atoms with van der Waals surface area (Å²) in [6.07, 6.45) is 0.622. The lowest BCUT2D eigenvalue weighted by atomic mass is 9.99. The summed E-state index contributed by atoms with van der Waals surface area (Å²) in [7, 11) is 0. The first-order chi connectivity index (χ1) is 10.2. The molecule has 1 heterocycles. The van der Waals surface area contributed by atoms with Gasteiger partial charge in [0.2, 0.25) is 0 Å². The van der Waals surface area contributed by atoms with Crippen molar-refractivity contribution < 1.29 is 4.39 Å². The monoisotopic (exact) mass is 300 g/mol. The van der Waals surface area contributed by atoms with Crippen LogP contribution in [0.25, 0.3) is 22.0 Å². The van der Waals surface area contributed by atoms with Gasteiger partial charge in [0, 0.05) is 17.4 Å². The molecular weight excluding hydrogens is 287 g/mol. The Morgan fingerprint density at radius 3 is 2.57 bits per heavy atom. The summed E-state index contributed by atoms with van der Waals surface area (Å²) >= 11 is 6.54. The molecule has 106 valence electrons. The van der Waals surface area contributed by atoms with Gasteiger partial charge < -0.3 is 5.73 Å². The highest BCUT2D eigenvalue weighted by Crippen LogP contribution is 2.36. The lowest BCUT2D eigenvalue weighted by Crippen LogP contribution is -2.07. The van der Waals surface area contributed by atoms with Crippen molar-refractivity contribution in [2.24, 2.45) is 5.73 Å². The van der Waals surface area contributed by atoms with E-state index < -0.39 is 0 Å². The number of pyridine rings is 1. The Bertz CT molecular complexity index is 788. The largest absolute Gasteiger partial charge is 0.330 e. The van der Waals surface area contributed by atoms with Gasteiger partial charge in [0.1, 0.15) is 5.82 Å². The van der Waals surface area contributed by atoms with E-state index in [0.717, 1.165) is 16.8 Å². The van der Waals surface area contributed by atoms with Crippen LogP contribution < -0.4 is 5.73 Å². The van der Waals surface area contributed by atoms with Crippen molar-refractivity contribution in [2.45, 2.75) is 6.42 Å². The first-order valence-electron chi connectivity index (χ1n) is 6.74. The lowest BCUT2D eigenvalue weighted by Gasteiger charge is -2.13. The van der Waals surface area contributed by atoms with Gasteiger partial charge in [-0.1, -0.05) is 41.9 Å². The Labute approximate surface area is 127 Å². The fourth-order valence-corrected chi connectivity index (χ4v) is 2.83. The number of fused-ring (bicyclic) bond motifs is 1. The van der Waals surface area contributed by atoms with Crippen LogP contribution in [0.1, 0.15) is 5.69 Å². The van der Waals surface area contributed by atoms with Crippen molar-refractivity contribution >= 4 is 22.5 Å². The van der Waals surface area contributed by atoms with Gasteiger partial charge in [-0.15, -0.1) is 0 Å². The molecule has 0 radical (unpaired) electrons. The van der Waals surface area contributed by atoms with Gasteiger partial charge in [0.15, 0.2) is 0 Å². The van der Waals surface area contributed by atoms with Crippen LogP contribution in [0.5, 0.6) is 0 Å².